The Morgan fingerprint density at radius 2 is 1.88 bits per heavy atom. The molecule has 1 aliphatic heterocycles. The van der Waals surface area contributed by atoms with Crippen LogP contribution in [0.4, 0.5) is 11.5 Å². The summed E-state index contributed by atoms with van der Waals surface area (Å²) in [5, 5.41) is 2.69. The molecule has 1 N–H and O–H groups in total. The molecule has 130 valence electrons. The van der Waals surface area contributed by atoms with Gasteiger partial charge in [-0.1, -0.05) is 42.5 Å². The minimum absolute atomic E-state index is 0.0996. The highest BCUT2D eigenvalue weighted by molar-refractivity contribution is 5.87. The van der Waals surface area contributed by atoms with Crippen molar-refractivity contribution in [1.82, 2.24) is 9.88 Å². The van der Waals surface area contributed by atoms with Crippen molar-refractivity contribution in [1.29, 1.82) is 0 Å². The summed E-state index contributed by atoms with van der Waals surface area (Å²) in [4.78, 5) is 20.1. The molecule has 0 radical (unpaired) electrons. The van der Waals surface area contributed by atoms with Crippen molar-refractivity contribution in [3.8, 4) is 0 Å². The third kappa shape index (κ3) is 5.16. The molecule has 5 heteroatoms. The second kappa shape index (κ2) is 8.44. The first kappa shape index (κ1) is 17.2. The van der Waals surface area contributed by atoms with E-state index in [1.54, 1.807) is 0 Å². The lowest BCUT2D eigenvalue weighted by atomic mass is 10.2. The summed E-state index contributed by atoms with van der Waals surface area (Å²) in [7, 11) is 0. The number of benzene rings is 1. The van der Waals surface area contributed by atoms with Crippen molar-refractivity contribution in [2.45, 2.75) is 6.92 Å². The number of piperazine rings is 1. The van der Waals surface area contributed by atoms with Crippen LogP contribution in [0.25, 0.3) is 6.08 Å². The lowest BCUT2D eigenvalue weighted by molar-refractivity contribution is -0.114. The molecular formula is C20H24N4O. The van der Waals surface area contributed by atoms with Gasteiger partial charge in [0.1, 0.15) is 5.82 Å². The number of pyridine rings is 1. The standard InChI is InChI=1S/C20H24N4O/c1-17(25)22-20-10-9-19(16-21-20)24-14-12-23(13-15-24)11-5-8-18-6-3-2-4-7-18/h2-10,16H,11-15H2,1H3,(H,21,22,25)/b8-5+. The maximum atomic E-state index is 11.0. The summed E-state index contributed by atoms with van der Waals surface area (Å²) in [6, 6.07) is 14.3. The van der Waals surface area contributed by atoms with Crippen LogP contribution in [0.2, 0.25) is 0 Å². The first-order valence-electron chi connectivity index (χ1n) is 8.63. The van der Waals surface area contributed by atoms with Gasteiger partial charge in [0, 0.05) is 39.6 Å². The third-order valence-corrected chi connectivity index (χ3v) is 4.26. The number of hydrogen-bond acceptors (Lipinski definition) is 4. The Balaban J connectivity index is 1.47. The predicted molar refractivity (Wildman–Crippen MR) is 103 cm³/mol. The van der Waals surface area contributed by atoms with Gasteiger partial charge in [0.05, 0.1) is 11.9 Å². The van der Waals surface area contributed by atoms with Gasteiger partial charge >= 0.3 is 0 Å². The second-order valence-corrected chi connectivity index (χ2v) is 6.18. The monoisotopic (exact) mass is 336 g/mol. The number of nitrogens with one attached hydrogen (secondary N) is 1. The minimum Gasteiger partial charge on any atom is -0.368 e. The van der Waals surface area contributed by atoms with Crippen LogP contribution in [-0.2, 0) is 4.79 Å². The van der Waals surface area contributed by atoms with Crippen LogP contribution in [0.1, 0.15) is 12.5 Å². The molecule has 0 spiro atoms. The summed E-state index contributed by atoms with van der Waals surface area (Å²) in [5.74, 6) is 0.498. The lowest BCUT2D eigenvalue weighted by Crippen LogP contribution is -2.46. The van der Waals surface area contributed by atoms with Crippen LogP contribution in [0.5, 0.6) is 0 Å². The molecule has 0 saturated carbocycles. The van der Waals surface area contributed by atoms with Crippen molar-refractivity contribution in [3.05, 3.63) is 60.3 Å². The van der Waals surface area contributed by atoms with Crippen LogP contribution >= 0.6 is 0 Å². The molecule has 0 bridgehead atoms. The molecule has 3 rings (SSSR count). The maximum absolute atomic E-state index is 11.0. The Hall–Kier alpha value is -2.66. The number of hydrogen-bond donors (Lipinski definition) is 1. The number of aromatic nitrogens is 1. The largest absolute Gasteiger partial charge is 0.368 e. The molecule has 1 aromatic carbocycles. The molecule has 2 aromatic rings. The SMILES string of the molecule is CC(=O)Nc1ccc(N2CCN(C/C=C/c3ccccc3)CC2)cn1. The fourth-order valence-electron chi connectivity index (χ4n) is 2.92. The predicted octanol–water partition coefficient (Wildman–Crippen LogP) is 2.88. The lowest BCUT2D eigenvalue weighted by Gasteiger charge is -2.35. The van der Waals surface area contributed by atoms with Gasteiger partial charge in [0.25, 0.3) is 0 Å². The number of nitrogens with zero attached hydrogens (tertiary/aromatic N) is 3. The van der Waals surface area contributed by atoms with Crippen LogP contribution in [-0.4, -0.2) is 48.5 Å². The molecule has 1 amide bonds. The van der Waals surface area contributed by atoms with Gasteiger partial charge in [-0.3, -0.25) is 9.69 Å². The molecule has 0 unspecified atom stereocenters. The van der Waals surface area contributed by atoms with Gasteiger partial charge in [-0.25, -0.2) is 4.98 Å². The number of carbonyl (C=O) groups is 1. The first-order chi connectivity index (χ1) is 12.2. The highest BCUT2D eigenvalue weighted by atomic mass is 16.1. The van der Waals surface area contributed by atoms with E-state index in [-0.39, 0.29) is 5.91 Å². The van der Waals surface area contributed by atoms with Gasteiger partial charge in [0.2, 0.25) is 5.91 Å². The van der Waals surface area contributed by atoms with Crippen molar-refractivity contribution < 1.29 is 4.79 Å². The van der Waals surface area contributed by atoms with E-state index in [2.05, 4.69) is 56.5 Å². The quantitative estimate of drug-likeness (QED) is 0.912. The van der Waals surface area contributed by atoms with Crippen molar-refractivity contribution >= 4 is 23.5 Å². The summed E-state index contributed by atoms with van der Waals surface area (Å²) < 4.78 is 0. The first-order valence-corrected chi connectivity index (χ1v) is 8.63. The molecule has 1 saturated heterocycles. The van der Waals surface area contributed by atoms with Gasteiger partial charge in [-0.05, 0) is 17.7 Å². The zero-order valence-corrected chi connectivity index (χ0v) is 14.6. The van der Waals surface area contributed by atoms with E-state index < -0.39 is 0 Å². The number of rotatable bonds is 5. The number of carbonyl (C=O) groups excluding carboxylic acids is 1. The van der Waals surface area contributed by atoms with Gasteiger partial charge in [0.15, 0.2) is 0 Å². The summed E-state index contributed by atoms with van der Waals surface area (Å²) >= 11 is 0. The van der Waals surface area contributed by atoms with Gasteiger partial charge in [-0.2, -0.15) is 0 Å². The molecule has 25 heavy (non-hydrogen) atoms. The van der Waals surface area contributed by atoms with E-state index in [0.29, 0.717) is 5.82 Å². The fraction of sp³-hybridized carbons (Fsp3) is 0.300. The smallest absolute Gasteiger partial charge is 0.222 e. The number of anilines is 2. The van der Waals surface area contributed by atoms with Crippen LogP contribution in [0.3, 0.4) is 0 Å². The zero-order chi connectivity index (χ0) is 17.5. The van der Waals surface area contributed by atoms with E-state index in [0.717, 1.165) is 38.4 Å². The Bertz CT molecular complexity index is 704. The summed E-state index contributed by atoms with van der Waals surface area (Å²) in [5.41, 5.74) is 2.35. The topological polar surface area (TPSA) is 48.5 Å². The number of amides is 1. The second-order valence-electron chi connectivity index (χ2n) is 6.18. The Morgan fingerprint density at radius 1 is 1.12 bits per heavy atom. The Labute approximate surface area is 149 Å². The summed E-state index contributed by atoms with van der Waals surface area (Å²) in [6.45, 7) is 6.50. The summed E-state index contributed by atoms with van der Waals surface area (Å²) in [6.07, 6.45) is 6.24. The van der Waals surface area contributed by atoms with Crippen LogP contribution in [0, 0.1) is 0 Å². The molecular weight excluding hydrogens is 312 g/mol. The molecule has 2 heterocycles. The van der Waals surface area contributed by atoms with Gasteiger partial charge in [-0.15, -0.1) is 0 Å². The third-order valence-electron chi connectivity index (χ3n) is 4.26. The van der Waals surface area contributed by atoms with E-state index in [1.165, 1.54) is 12.5 Å². The minimum atomic E-state index is -0.0996. The van der Waals surface area contributed by atoms with E-state index in [9.17, 15) is 4.79 Å². The maximum Gasteiger partial charge on any atom is 0.222 e. The van der Waals surface area contributed by atoms with Crippen LogP contribution in [0.15, 0.2) is 54.7 Å². The van der Waals surface area contributed by atoms with Crippen molar-refractivity contribution in [3.63, 3.8) is 0 Å². The van der Waals surface area contributed by atoms with Crippen LogP contribution < -0.4 is 10.2 Å². The van der Waals surface area contributed by atoms with Crippen molar-refractivity contribution in [2.75, 3.05) is 42.9 Å². The normalized spacial score (nSPS) is 15.5. The van der Waals surface area contributed by atoms with E-state index in [4.69, 9.17) is 0 Å². The average Bonchev–Trinajstić information content (AvgIpc) is 2.63. The Morgan fingerprint density at radius 3 is 2.52 bits per heavy atom. The molecule has 1 aliphatic rings. The highest BCUT2D eigenvalue weighted by Gasteiger charge is 2.16. The molecule has 0 atom stereocenters. The van der Waals surface area contributed by atoms with Crippen molar-refractivity contribution in [2.24, 2.45) is 0 Å². The van der Waals surface area contributed by atoms with Gasteiger partial charge < -0.3 is 10.2 Å². The van der Waals surface area contributed by atoms with E-state index >= 15 is 0 Å². The Kier molecular flexibility index (Phi) is 5.80. The molecule has 5 nitrogen and oxygen atoms in total. The fourth-order valence-corrected chi connectivity index (χ4v) is 2.92. The molecule has 1 aromatic heterocycles. The highest BCUT2D eigenvalue weighted by Crippen LogP contribution is 2.17. The average molecular weight is 336 g/mol. The molecule has 1 fully saturated rings. The van der Waals surface area contributed by atoms with E-state index in [1.807, 2.05) is 24.4 Å². The zero-order valence-electron chi connectivity index (χ0n) is 14.6. The molecule has 0 aliphatic carbocycles.